The first-order valence-corrected chi connectivity index (χ1v) is 12.2. The smallest absolute Gasteiger partial charge is 0.243 e. The molecule has 1 heterocycles. The molecule has 2 aromatic rings. The molecule has 1 aliphatic heterocycles. The molecule has 7 heteroatoms. The summed E-state index contributed by atoms with van der Waals surface area (Å²) in [7, 11) is -3.65. The average Bonchev–Trinajstić information content (AvgIpc) is 2.74. The average molecular weight is 449 g/mol. The molecule has 30 heavy (non-hydrogen) atoms. The van der Waals surface area contributed by atoms with Crippen molar-refractivity contribution in [3.05, 3.63) is 65.2 Å². The Morgan fingerprint density at radius 3 is 2.43 bits per heavy atom. The van der Waals surface area contributed by atoms with Crippen molar-refractivity contribution >= 4 is 27.5 Å². The zero-order valence-corrected chi connectivity index (χ0v) is 19.0. The molecule has 1 aliphatic rings. The van der Waals surface area contributed by atoms with Gasteiger partial charge in [-0.25, -0.2) is 8.42 Å². The van der Waals surface area contributed by atoms with Crippen LogP contribution in [0.5, 0.6) is 0 Å². The van der Waals surface area contributed by atoms with Gasteiger partial charge in [0.1, 0.15) is 0 Å². The standard InChI is InChI=1S/C23H29ClN2O3S/c1-17(2)15-22(18-7-4-3-5-8-18)25-23(27)19-9-6-14-26(16-19)30(28,29)21-12-10-20(24)11-13-21/h3-5,7-8,10-13,17,19,22H,6,9,14-16H2,1-2H3,(H,25,27)/t19-,22-/m1/s1. The Bertz CT molecular complexity index is 946. The molecule has 0 unspecified atom stereocenters. The summed E-state index contributed by atoms with van der Waals surface area (Å²) in [5, 5.41) is 3.66. The molecule has 0 aromatic heterocycles. The summed E-state index contributed by atoms with van der Waals surface area (Å²) in [5.41, 5.74) is 1.07. The number of hydrogen-bond acceptors (Lipinski definition) is 3. The number of sulfonamides is 1. The molecule has 2 atom stereocenters. The van der Waals surface area contributed by atoms with Crippen LogP contribution in [0.4, 0.5) is 0 Å². The number of nitrogens with zero attached hydrogens (tertiary/aromatic N) is 1. The van der Waals surface area contributed by atoms with E-state index in [4.69, 9.17) is 11.6 Å². The predicted molar refractivity (Wildman–Crippen MR) is 120 cm³/mol. The van der Waals surface area contributed by atoms with Crippen molar-refractivity contribution in [2.45, 2.75) is 44.0 Å². The number of nitrogens with one attached hydrogen (secondary N) is 1. The lowest BCUT2D eigenvalue weighted by molar-refractivity contribution is -0.127. The number of hydrogen-bond donors (Lipinski definition) is 1. The first kappa shape index (κ1) is 22.8. The molecule has 5 nitrogen and oxygen atoms in total. The van der Waals surface area contributed by atoms with E-state index >= 15 is 0 Å². The lowest BCUT2D eigenvalue weighted by Gasteiger charge is -2.32. The number of halogens is 1. The van der Waals surface area contributed by atoms with Crippen molar-refractivity contribution in [1.29, 1.82) is 0 Å². The minimum atomic E-state index is -3.65. The zero-order chi connectivity index (χ0) is 21.7. The Hall–Kier alpha value is -1.89. The third-order valence-electron chi connectivity index (χ3n) is 5.43. The number of benzene rings is 2. The summed E-state index contributed by atoms with van der Waals surface area (Å²) in [5.74, 6) is -0.0247. The molecule has 0 radical (unpaired) electrons. The van der Waals surface area contributed by atoms with E-state index in [0.717, 1.165) is 12.0 Å². The third kappa shape index (κ3) is 5.62. The molecule has 3 rings (SSSR count). The van der Waals surface area contributed by atoms with Crippen LogP contribution in [0, 0.1) is 11.8 Å². The van der Waals surface area contributed by atoms with Gasteiger partial charge in [-0.2, -0.15) is 4.31 Å². The van der Waals surface area contributed by atoms with Crippen LogP contribution in [0.3, 0.4) is 0 Å². The van der Waals surface area contributed by atoms with Gasteiger partial charge in [-0.05, 0) is 55.0 Å². The fourth-order valence-corrected chi connectivity index (χ4v) is 5.50. The molecule has 0 aliphatic carbocycles. The number of carbonyl (C=O) groups excluding carboxylic acids is 1. The maximum absolute atomic E-state index is 13.1. The van der Waals surface area contributed by atoms with E-state index in [0.29, 0.717) is 30.3 Å². The SMILES string of the molecule is CC(C)C[C@@H](NC(=O)[C@@H]1CCCN(S(=O)(=O)c2ccc(Cl)cc2)C1)c1ccccc1. The summed E-state index contributed by atoms with van der Waals surface area (Å²) in [6.45, 7) is 4.87. The highest BCUT2D eigenvalue weighted by atomic mass is 35.5. The van der Waals surface area contributed by atoms with Gasteiger partial charge in [0, 0.05) is 18.1 Å². The minimum absolute atomic E-state index is 0.0815. The minimum Gasteiger partial charge on any atom is -0.349 e. The number of carbonyl (C=O) groups is 1. The molecular weight excluding hydrogens is 420 g/mol. The maximum Gasteiger partial charge on any atom is 0.243 e. The summed E-state index contributed by atoms with van der Waals surface area (Å²) in [4.78, 5) is 13.3. The lowest BCUT2D eigenvalue weighted by Crippen LogP contribution is -2.46. The molecule has 2 aromatic carbocycles. The topological polar surface area (TPSA) is 66.5 Å². The summed E-state index contributed by atoms with van der Waals surface area (Å²) < 4.78 is 27.4. The van der Waals surface area contributed by atoms with Gasteiger partial charge < -0.3 is 5.32 Å². The fourth-order valence-electron chi connectivity index (χ4n) is 3.86. The van der Waals surface area contributed by atoms with E-state index in [9.17, 15) is 13.2 Å². The normalized spacial score (nSPS) is 18.9. The molecule has 1 amide bonds. The van der Waals surface area contributed by atoms with E-state index in [1.165, 1.54) is 16.4 Å². The lowest BCUT2D eigenvalue weighted by atomic mass is 9.94. The molecule has 1 fully saturated rings. The monoisotopic (exact) mass is 448 g/mol. The number of piperidine rings is 1. The van der Waals surface area contributed by atoms with Gasteiger partial charge in [0.25, 0.3) is 0 Å². The molecule has 1 saturated heterocycles. The van der Waals surface area contributed by atoms with Crippen molar-refractivity contribution in [1.82, 2.24) is 9.62 Å². The van der Waals surface area contributed by atoms with E-state index in [-0.39, 0.29) is 29.3 Å². The van der Waals surface area contributed by atoms with Crippen LogP contribution in [0.1, 0.15) is 44.7 Å². The van der Waals surface area contributed by atoms with Gasteiger partial charge >= 0.3 is 0 Å². The van der Waals surface area contributed by atoms with Crippen LogP contribution in [0.15, 0.2) is 59.5 Å². The summed E-state index contributed by atoms with van der Waals surface area (Å²) in [6, 6.07) is 16.0. The van der Waals surface area contributed by atoms with Crippen molar-refractivity contribution in [3.8, 4) is 0 Å². The van der Waals surface area contributed by atoms with Gasteiger partial charge in [-0.1, -0.05) is 55.8 Å². The quantitative estimate of drug-likeness (QED) is 0.670. The van der Waals surface area contributed by atoms with Crippen LogP contribution in [0.2, 0.25) is 5.02 Å². The van der Waals surface area contributed by atoms with E-state index in [1.54, 1.807) is 12.1 Å². The largest absolute Gasteiger partial charge is 0.349 e. The molecule has 1 N–H and O–H groups in total. The fraction of sp³-hybridized carbons (Fsp3) is 0.435. The number of rotatable bonds is 7. The highest BCUT2D eigenvalue weighted by molar-refractivity contribution is 7.89. The highest BCUT2D eigenvalue weighted by Crippen LogP contribution is 2.27. The van der Waals surface area contributed by atoms with Crippen LogP contribution in [0.25, 0.3) is 0 Å². The predicted octanol–water partition coefficient (Wildman–Crippen LogP) is 4.64. The maximum atomic E-state index is 13.1. The second kappa shape index (κ2) is 9.94. The van der Waals surface area contributed by atoms with Crippen molar-refractivity contribution in [2.24, 2.45) is 11.8 Å². The van der Waals surface area contributed by atoms with Crippen LogP contribution < -0.4 is 5.32 Å². The van der Waals surface area contributed by atoms with Crippen LogP contribution in [-0.2, 0) is 14.8 Å². The third-order valence-corrected chi connectivity index (χ3v) is 7.56. The summed E-state index contributed by atoms with van der Waals surface area (Å²) in [6.07, 6.45) is 2.17. The first-order valence-electron chi connectivity index (χ1n) is 10.4. The van der Waals surface area contributed by atoms with E-state index in [2.05, 4.69) is 19.2 Å². The Labute approximate surface area is 184 Å². The summed E-state index contributed by atoms with van der Waals surface area (Å²) >= 11 is 5.89. The Balaban J connectivity index is 1.72. The van der Waals surface area contributed by atoms with Gasteiger partial charge in [0.05, 0.1) is 16.9 Å². The second-order valence-electron chi connectivity index (χ2n) is 8.26. The van der Waals surface area contributed by atoms with Gasteiger partial charge in [0.2, 0.25) is 15.9 Å². The van der Waals surface area contributed by atoms with Crippen LogP contribution >= 0.6 is 11.6 Å². The second-order valence-corrected chi connectivity index (χ2v) is 10.6. The zero-order valence-electron chi connectivity index (χ0n) is 17.4. The van der Waals surface area contributed by atoms with Gasteiger partial charge in [0.15, 0.2) is 0 Å². The first-order chi connectivity index (χ1) is 14.3. The Kier molecular flexibility index (Phi) is 7.55. The number of amides is 1. The molecule has 0 bridgehead atoms. The van der Waals surface area contributed by atoms with Gasteiger partial charge in [-0.15, -0.1) is 0 Å². The van der Waals surface area contributed by atoms with Gasteiger partial charge in [-0.3, -0.25) is 4.79 Å². The molecule has 0 spiro atoms. The van der Waals surface area contributed by atoms with E-state index < -0.39 is 10.0 Å². The van der Waals surface area contributed by atoms with Crippen molar-refractivity contribution in [3.63, 3.8) is 0 Å². The van der Waals surface area contributed by atoms with Crippen molar-refractivity contribution in [2.75, 3.05) is 13.1 Å². The highest BCUT2D eigenvalue weighted by Gasteiger charge is 2.34. The van der Waals surface area contributed by atoms with Crippen LogP contribution in [-0.4, -0.2) is 31.7 Å². The Morgan fingerprint density at radius 1 is 1.13 bits per heavy atom. The van der Waals surface area contributed by atoms with E-state index in [1.807, 2.05) is 30.3 Å². The molecule has 162 valence electrons. The van der Waals surface area contributed by atoms with Crippen molar-refractivity contribution < 1.29 is 13.2 Å². The Morgan fingerprint density at radius 2 is 1.80 bits per heavy atom. The molecule has 0 saturated carbocycles. The molecular formula is C23H29ClN2O3S.